The first kappa shape index (κ1) is 11.6. The molecule has 5 heteroatoms. The van der Waals surface area contributed by atoms with Crippen LogP contribution in [0.2, 0.25) is 0 Å². The highest BCUT2D eigenvalue weighted by Crippen LogP contribution is 2.22. The van der Waals surface area contributed by atoms with E-state index in [-0.39, 0.29) is 0 Å². The fraction of sp³-hybridized carbons (Fsp3) is 0.385. The summed E-state index contributed by atoms with van der Waals surface area (Å²) in [6.45, 7) is 0. The second-order valence-corrected chi connectivity index (χ2v) is 5.66. The van der Waals surface area contributed by atoms with Crippen LogP contribution in [0.15, 0.2) is 24.3 Å². The molecule has 3 rings (SSSR count). The minimum absolute atomic E-state index is 0.462. The van der Waals surface area contributed by atoms with Crippen LogP contribution in [0.4, 0.5) is 11.8 Å². The Hall–Kier alpha value is -1.49. The SMILES string of the molecule is Nc1nc(N[C@H]2CCCSC2)nc2ccccc12. The Kier molecular flexibility index (Phi) is 3.23. The largest absolute Gasteiger partial charge is 0.383 e. The van der Waals surface area contributed by atoms with E-state index in [0.717, 1.165) is 16.7 Å². The van der Waals surface area contributed by atoms with E-state index in [1.165, 1.54) is 18.6 Å². The topological polar surface area (TPSA) is 63.8 Å². The molecule has 1 atom stereocenters. The molecule has 1 saturated heterocycles. The molecule has 0 bridgehead atoms. The monoisotopic (exact) mass is 260 g/mol. The van der Waals surface area contributed by atoms with Gasteiger partial charge in [-0.2, -0.15) is 16.7 Å². The summed E-state index contributed by atoms with van der Waals surface area (Å²) in [6.07, 6.45) is 2.44. The van der Waals surface area contributed by atoms with E-state index >= 15 is 0 Å². The van der Waals surface area contributed by atoms with Gasteiger partial charge in [-0.25, -0.2) is 4.98 Å². The Balaban J connectivity index is 1.87. The molecule has 0 unspecified atom stereocenters. The summed E-state index contributed by atoms with van der Waals surface area (Å²) >= 11 is 1.98. The van der Waals surface area contributed by atoms with Gasteiger partial charge in [-0.3, -0.25) is 0 Å². The van der Waals surface area contributed by atoms with Gasteiger partial charge < -0.3 is 11.1 Å². The van der Waals surface area contributed by atoms with Gasteiger partial charge in [0.1, 0.15) is 5.82 Å². The molecule has 2 heterocycles. The number of hydrogen-bond acceptors (Lipinski definition) is 5. The average molecular weight is 260 g/mol. The average Bonchev–Trinajstić information content (AvgIpc) is 2.40. The molecule has 4 nitrogen and oxygen atoms in total. The Morgan fingerprint density at radius 2 is 2.17 bits per heavy atom. The fourth-order valence-corrected chi connectivity index (χ4v) is 3.27. The van der Waals surface area contributed by atoms with Crippen LogP contribution in [0, 0.1) is 0 Å². The van der Waals surface area contributed by atoms with Crippen LogP contribution >= 0.6 is 11.8 Å². The quantitative estimate of drug-likeness (QED) is 0.868. The highest BCUT2D eigenvalue weighted by molar-refractivity contribution is 7.99. The van der Waals surface area contributed by atoms with Gasteiger partial charge in [-0.05, 0) is 30.7 Å². The fourth-order valence-electron chi connectivity index (χ4n) is 2.20. The van der Waals surface area contributed by atoms with Crippen LogP contribution in [0.1, 0.15) is 12.8 Å². The van der Waals surface area contributed by atoms with Crippen molar-refractivity contribution in [2.45, 2.75) is 18.9 Å². The lowest BCUT2D eigenvalue weighted by molar-refractivity contribution is 0.679. The lowest BCUT2D eigenvalue weighted by Gasteiger charge is -2.22. The maximum atomic E-state index is 5.97. The second-order valence-electron chi connectivity index (χ2n) is 4.51. The van der Waals surface area contributed by atoms with E-state index in [1.807, 2.05) is 36.0 Å². The molecule has 0 saturated carbocycles. The minimum atomic E-state index is 0.462. The third-order valence-electron chi connectivity index (χ3n) is 3.13. The highest BCUT2D eigenvalue weighted by atomic mass is 32.2. The molecule has 1 aromatic carbocycles. The van der Waals surface area contributed by atoms with Crippen LogP contribution < -0.4 is 11.1 Å². The predicted molar refractivity (Wildman–Crippen MR) is 77.9 cm³/mol. The van der Waals surface area contributed by atoms with Gasteiger partial charge in [-0.15, -0.1) is 0 Å². The Labute approximate surface area is 110 Å². The molecule has 0 spiro atoms. The Bertz CT molecular complexity index is 552. The lowest BCUT2D eigenvalue weighted by Crippen LogP contribution is -2.26. The molecule has 1 aliphatic rings. The number of anilines is 2. The van der Waals surface area contributed by atoms with E-state index < -0.39 is 0 Å². The molecular weight excluding hydrogens is 244 g/mol. The maximum Gasteiger partial charge on any atom is 0.225 e. The molecule has 2 aromatic rings. The molecular formula is C13H16N4S. The zero-order chi connectivity index (χ0) is 12.4. The molecule has 0 amide bonds. The zero-order valence-corrected chi connectivity index (χ0v) is 10.9. The normalized spacial score (nSPS) is 19.9. The van der Waals surface area contributed by atoms with E-state index in [4.69, 9.17) is 5.73 Å². The molecule has 94 valence electrons. The summed E-state index contributed by atoms with van der Waals surface area (Å²) in [4.78, 5) is 8.86. The summed E-state index contributed by atoms with van der Waals surface area (Å²) in [5.41, 5.74) is 6.86. The maximum absolute atomic E-state index is 5.97. The van der Waals surface area contributed by atoms with Gasteiger partial charge in [0, 0.05) is 17.2 Å². The van der Waals surface area contributed by atoms with Crippen LogP contribution in [0.5, 0.6) is 0 Å². The predicted octanol–water partition coefficient (Wildman–Crippen LogP) is 2.52. The van der Waals surface area contributed by atoms with Crippen molar-refractivity contribution in [1.82, 2.24) is 9.97 Å². The van der Waals surface area contributed by atoms with E-state index in [1.54, 1.807) is 0 Å². The first-order valence-electron chi connectivity index (χ1n) is 6.19. The molecule has 3 N–H and O–H groups in total. The first-order chi connectivity index (χ1) is 8.83. The summed E-state index contributed by atoms with van der Waals surface area (Å²) < 4.78 is 0. The third kappa shape index (κ3) is 2.36. The minimum Gasteiger partial charge on any atom is -0.383 e. The summed E-state index contributed by atoms with van der Waals surface area (Å²) in [5, 5.41) is 4.31. The van der Waals surface area contributed by atoms with Gasteiger partial charge >= 0.3 is 0 Å². The van der Waals surface area contributed by atoms with Gasteiger partial charge in [0.25, 0.3) is 0 Å². The van der Waals surface area contributed by atoms with Gasteiger partial charge in [0.15, 0.2) is 0 Å². The summed E-state index contributed by atoms with van der Waals surface area (Å²) in [6, 6.07) is 8.30. The van der Waals surface area contributed by atoms with Crippen LogP contribution in [0.3, 0.4) is 0 Å². The van der Waals surface area contributed by atoms with Gasteiger partial charge in [0.2, 0.25) is 5.95 Å². The third-order valence-corrected chi connectivity index (χ3v) is 4.34. The number of nitrogens with two attached hydrogens (primary N) is 1. The van der Waals surface area contributed by atoms with Crippen molar-refractivity contribution in [2.75, 3.05) is 22.6 Å². The molecule has 1 fully saturated rings. The van der Waals surface area contributed by atoms with Crippen molar-refractivity contribution in [3.8, 4) is 0 Å². The number of thioether (sulfide) groups is 1. The zero-order valence-electron chi connectivity index (χ0n) is 10.1. The second kappa shape index (κ2) is 5.02. The first-order valence-corrected chi connectivity index (χ1v) is 7.35. The van der Waals surface area contributed by atoms with E-state index in [2.05, 4.69) is 15.3 Å². The van der Waals surface area contributed by atoms with Crippen molar-refractivity contribution in [1.29, 1.82) is 0 Å². The number of nitrogen functional groups attached to an aromatic ring is 1. The molecule has 0 aliphatic carbocycles. The number of nitrogens with one attached hydrogen (secondary N) is 1. The van der Waals surface area contributed by atoms with Crippen LogP contribution in [-0.2, 0) is 0 Å². The number of hydrogen-bond donors (Lipinski definition) is 2. The van der Waals surface area contributed by atoms with E-state index in [9.17, 15) is 0 Å². The van der Waals surface area contributed by atoms with Crippen molar-refractivity contribution in [3.05, 3.63) is 24.3 Å². The molecule has 0 radical (unpaired) electrons. The standard InChI is InChI=1S/C13H16N4S/c14-12-10-5-1-2-6-11(10)16-13(17-12)15-9-4-3-7-18-8-9/h1-2,5-6,9H,3-4,7-8H2,(H3,14,15,16,17)/t9-/m0/s1. The molecule has 18 heavy (non-hydrogen) atoms. The van der Waals surface area contributed by atoms with Gasteiger partial charge in [-0.1, -0.05) is 12.1 Å². The number of para-hydroxylation sites is 1. The number of nitrogens with zero attached hydrogens (tertiary/aromatic N) is 2. The van der Waals surface area contributed by atoms with Crippen molar-refractivity contribution >= 4 is 34.4 Å². The smallest absolute Gasteiger partial charge is 0.225 e. The number of fused-ring (bicyclic) bond motifs is 1. The number of rotatable bonds is 2. The lowest BCUT2D eigenvalue weighted by atomic mass is 10.2. The number of benzene rings is 1. The number of aromatic nitrogens is 2. The molecule has 1 aliphatic heterocycles. The van der Waals surface area contributed by atoms with Crippen LogP contribution in [0.25, 0.3) is 10.9 Å². The van der Waals surface area contributed by atoms with Crippen molar-refractivity contribution in [3.63, 3.8) is 0 Å². The Morgan fingerprint density at radius 1 is 1.28 bits per heavy atom. The summed E-state index contributed by atoms with van der Waals surface area (Å²) in [7, 11) is 0. The van der Waals surface area contributed by atoms with E-state index in [0.29, 0.717) is 17.8 Å². The Morgan fingerprint density at radius 3 is 3.00 bits per heavy atom. The van der Waals surface area contributed by atoms with Crippen molar-refractivity contribution < 1.29 is 0 Å². The van der Waals surface area contributed by atoms with Crippen molar-refractivity contribution in [2.24, 2.45) is 0 Å². The summed E-state index contributed by atoms with van der Waals surface area (Å²) in [5.74, 6) is 3.58. The highest BCUT2D eigenvalue weighted by Gasteiger charge is 2.15. The van der Waals surface area contributed by atoms with Gasteiger partial charge in [0.05, 0.1) is 5.52 Å². The van der Waals surface area contributed by atoms with Crippen LogP contribution in [-0.4, -0.2) is 27.5 Å². The molecule has 1 aromatic heterocycles.